The van der Waals surface area contributed by atoms with Gasteiger partial charge in [-0.2, -0.15) is 0 Å². The highest BCUT2D eigenvalue weighted by molar-refractivity contribution is 5.92. The van der Waals surface area contributed by atoms with Gasteiger partial charge in [-0.3, -0.25) is 4.79 Å². The zero-order valence-corrected chi connectivity index (χ0v) is 10.5. The molecule has 0 aliphatic rings. The van der Waals surface area contributed by atoms with Gasteiger partial charge in [-0.15, -0.1) is 0 Å². The van der Waals surface area contributed by atoms with Gasteiger partial charge in [0.2, 0.25) is 0 Å². The largest absolute Gasteiger partial charge is 0.484 e. The van der Waals surface area contributed by atoms with Crippen LogP contribution in [0.2, 0.25) is 0 Å². The zero-order chi connectivity index (χ0) is 15.4. The van der Waals surface area contributed by atoms with E-state index in [1.54, 1.807) is 0 Å². The Hall–Kier alpha value is -2.57. The fourth-order valence-corrected chi connectivity index (χ4v) is 1.51. The van der Waals surface area contributed by atoms with Crippen molar-refractivity contribution in [2.45, 2.75) is 0 Å². The first-order valence-electron chi connectivity index (χ1n) is 5.79. The van der Waals surface area contributed by atoms with Crippen molar-refractivity contribution in [1.29, 1.82) is 0 Å². The molecule has 3 nitrogen and oxygen atoms in total. The van der Waals surface area contributed by atoms with Gasteiger partial charge in [-0.25, -0.2) is 17.6 Å². The quantitative estimate of drug-likeness (QED) is 0.695. The number of hydrogen-bond donors (Lipinski definition) is 1. The summed E-state index contributed by atoms with van der Waals surface area (Å²) in [5.74, 6) is -5.78. The Morgan fingerprint density at radius 3 is 2.52 bits per heavy atom. The molecule has 0 fully saturated rings. The second kappa shape index (κ2) is 6.25. The highest BCUT2D eigenvalue weighted by atomic mass is 19.2. The molecule has 0 heterocycles. The van der Waals surface area contributed by atoms with Crippen LogP contribution in [0.25, 0.3) is 0 Å². The number of halogens is 4. The number of carbonyl (C=O) groups excluding carboxylic acids is 1. The molecule has 7 heteroatoms. The molecule has 1 N–H and O–H groups in total. The van der Waals surface area contributed by atoms with Crippen LogP contribution in [0.5, 0.6) is 5.75 Å². The summed E-state index contributed by atoms with van der Waals surface area (Å²) in [6.07, 6.45) is 0. The molecule has 0 aliphatic heterocycles. The van der Waals surface area contributed by atoms with Gasteiger partial charge in [-0.1, -0.05) is 6.07 Å². The van der Waals surface area contributed by atoms with E-state index in [4.69, 9.17) is 4.74 Å². The van der Waals surface area contributed by atoms with E-state index in [2.05, 4.69) is 0 Å². The first kappa shape index (κ1) is 14.8. The van der Waals surface area contributed by atoms with Crippen LogP contribution in [0.3, 0.4) is 0 Å². The molecule has 0 aromatic heterocycles. The lowest BCUT2D eigenvalue weighted by molar-refractivity contribution is -0.118. The summed E-state index contributed by atoms with van der Waals surface area (Å²) >= 11 is 0. The first-order valence-corrected chi connectivity index (χ1v) is 5.79. The lowest BCUT2D eigenvalue weighted by atomic mass is 10.3. The summed E-state index contributed by atoms with van der Waals surface area (Å²) in [4.78, 5) is 11.5. The van der Waals surface area contributed by atoms with E-state index in [-0.39, 0.29) is 5.75 Å². The minimum absolute atomic E-state index is 0.107. The van der Waals surface area contributed by atoms with Crippen molar-refractivity contribution in [3.8, 4) is 5.75 Å². The second-order valence-electron chi connectivity index (χ2n) is 4.02. The molecule has 0 saturated heterocycles. The van der Waals surface area contributed by atoms with Gasteiger partial charge >= 0.3 is 0 Å². The predicted molar refractivity (Wildman–Crippen MR) is 66.8 cm³/mol. The SMILES string of the molecule is O=C(COc1cccc(F)c1)Nc1ccc(F)c(F)c1F. The molecule has 1 amide bonds. The van der Waals surface area contributed by atoms with E-state index < -0.39 is 41.5 Å². The number of carbonyl (C=O) groups is 1. The Morgan fingerprint density at radius 1 is 1.05 bits per heavy atom. The van der Waals surface area contributed by atoms with Gasteiger partial charge in [0.15, 0.2) is 24.1 Å². The molecular weight excluding hydrogens is 290 g/mol. The van der Waals surface area contributed by atoms with Crippen LogP contribution in [-0.2, 0) is 4.79 Å². The van der Waals surface area contributed by atoms with Gasteiger partial charge in [0, 0.05) is 6.07 Å². The molecule has 110 valence electrons. The van der Waals surface area contributed by atoms with Crippen LogP contribution in [0.4, 0.5) is 23.2 Å². The third-order valence-corrected chi connectivity index (χ3v) is 2.48. The van der Waals surface area contributed by atoms with E-state index in [9.17, 15) is 22.4 Å². The molecule has 0 unspecified atom stereocenters. The fraction of sp³-hybridized carbons (Fsp3) is 0.0714. The minimum atomic E-state index is -1.68. The molecule has 0 radical (unpaired) electrons. The number of ether oxygens (including phenoxy) is 1. The van der Waals surface area contributed by atoms with E-state index in [1.807, 2.05) is 5.32 Å². The summed E-state index contributed by atoms with van der Waals surface area (Å²) < 4.78 is 56.8. The van der Waals surface area contributed by atoms with Crippen LogP contribution < -0.4 is 10.1 Å². The zero-order valence-electron chi connectivity index (χ0n) is 10.5. The maximum Gasteiger partial charge on any atom is 0.262 e. The van der Waals surface area contributed by atoms with Crippen molar-refractivity contribution in [2.24, 2.45) is 0 Å². The van der Waals surface area contributed by atoms with Crippen LogP contribution in [0, 0.1) is 23.3 Å². The van der Waals surface area contributed by atoms with Gasteiger partial charge < -0.3 is 10.1 Å². The lowest BCUT2D eigenvalue weighted by Gasteiger charge is -2.08. The normalized spacial score (nSPS) is 10.3. The summed E-state index contributed by atoms with van der Waals surface area (Å²) in [7, 11) is 0. The Bertz CT molecular complexity index is 676. The molecule has 0 atom stereocenters. The van der Waals surface area contributed by atoms with Gasteiger partial charge in [-0.05, 0) is 24.3 Å². The van der Waals surface area contributed by atoms with Crippen molar-refractivity contribution < 1.29 is 27.1 Å². The fourth-order valence-electron chi connectivity index (χ4n) is 1.51. The standard InChI is InChI=1S/C14H9F4NO2/c15-8-2-1-3-9(6-8)21-7-12(20)19-11-5-4-10(16)13(17)14(11)18/h1-6H,7H2,(H,19,20). The summed E-state index contributed by atoms with van der Waals surface area (Å²) in [6.45, 7) is -0.540. The van der Waals surface area contributed by atoms with Gasteiger partial charge in [0.05, 0.1) is 5.69 Å². The molecule has 21 heavy (non-hydrogen) atoms. The van der Waals surface area contributed by atoms with E-state index in [0.717, 1.165) is 12.1 Å². The summed E-state index contributed by atoms with van der Waals surface area (Å²) in [6, 6.07) is 6.64. The molecule has 0 saturated carbocycles. The molecule has 0 bridgehead atoms. The smallest absolute Gasteiger partial charge is 0.262 e. The predicted octanol–water partition coefficient (Wildman–Crippen LogP) is 3.26. The van der Waals surface area contributed by atoms with Gasteiger partial charge in [0.1, 0.15) is 11.6 Å². The number of nitrogens with one attached hydrogen (secondary N) is 1. The molecule has 2 rings (SSSR count). The molecular formula is C14H9F4NO2. The van der Waals surface area contributed by atoms with Crippen LogP contribution >= 0.6 is 0 Å². The molecule has 0 aliphatic carbocycles. The van der Waals surface area contributed by atoms with Crippen molar-refractivity contribution >= 4 is 11.6 Å². The number of amides is 1. The average molecular weight is 299 g/mol. The van der Waals surface area contributed by atoms with E-state index in [0.29, 0.717) is 6.07 Å². The van der Waals surface area contributed by atoms with Crippen molar-refractivity contribution in [3.05, 3.63) is 59.7 Å². The number of hydrogen-bond acceptors (Lipinski definition) is 2. The number of benzene rings is 2. The highest BCUT2D eigenvalue weighted by Gasteiger charge is 2.15. The number of anilines is 1. The highest BCUT2D eigenvalue weighted by Crippen LogP contribution is 2.19. The van der Waals surface area contributed by atoms with Crippen molar-refractivity contribution in [3.63, 3.8) is 0 Å². The lowest BCUT2D eigenvalue weighted by Crippen LogP contribution is -2.21. The molecule has 2 aromatic carbocycles. The summed E-state index contributed by atoms with van der Waals surface area (Å²) in [5.41, 5.74) is -0.512. The van der Waals surface area contributed by atoms with Crippen LogP contribution in [0.1, 0.15) is 0 Å². The van der Waals surface area contributed by atoms with Crippen LogP contribution in [0.15, 0.2) is 36.4 Å². The first-order chi connectivity index (χ1) is 9.97. The average Bonchev–Trinajstić information content (AvgIpc) is 2.46. The second-order valence-corrected chi connectivity index (χ2v) is 4.02. The third-order valence-electron chi connectivity index (χ3n) is 2.48. The Labute approximate surface area is 117 Å². The minimum Gasteiger partial charge on any atom is -0.484 e. The van der Waals surface area contributed by atoms with Crippen molar-refractivity contribution in [1.82, 2.24) is 0 Å². The topological polar surface area (TPSA) is 38.3 Å². The van der Waals surface area contributed by atoms with Gasteiger partial charge in [0.25, 0.3) is 5.91 Å². The van der Waals surface area contributed by atoms with Crippen LogP contribution in [-0.4, -0.2) is 12.5 Å². The third kappa shape index (κ3) is 3.71. The number of rotatable bonds is 4. The van der Waals surface area contributed by atoms with E-state index >= 15 is 0 Å². The Balaban J connectivity index is 1.98. The maximum atomic E-state index is 13.3. The maximum absolute atomic E-state index is 13.3. The summed E-state index contributed by atoms with van der Waals surface area (Å²) in [5, 5.41) is 2.02. The Kier molecular flexibility index (Phi) is 4.42. The molecule has 2 aromatic rings. The van der Waals surface area contributed by atoms with Crippen molar-refractivity contribution in [2.75, 3.05) is 11.9 Å². The van der Waals surface area contributed by atoms with E-state index in [1.165, 1.54) is 18.2 Å². The Morgan fingerprint density at radius 2 is 1.81 bits per heavy atom. The monoisotopic (exact) mass is 299 g/mol. The molecule has 0 spiro atoms.